The summed E-state index contributed by atoms with van der Waals surface area (Å²) >= 11 is 0. The topological polar surface area (TPSA) is 94.8 Å². The third kappa shape index (κ3) is 3.58. The van der Waals surface area contributed by atoms with Gasteiger partial charge in [0.15, 0.2) is 5.78 Å². The van der Waals surface area contributed by atoms with Crippen molar-refractivity contribution in [1.82, 2.24) is 0 Å². The Morgan fingerprint density at radius 2 is 1.55 bits per heavy atom. The molecule has 0 aliphatic heterocycles. The van der Waals surface area contributed by atoms with Crippen LogP contribution in [0.4, 0.5) is 0 Å². The molecule has 0 aliphatic rings. The minimum atomic E-state index is -1.13. The summed E-state index contributed by atoms with van der Waals surface area (Å²) in [5.74, 6) is -1.42. The molecule has 0 aromatic heterocycles. The molecule has 0 amide bonds. The van der Waals surface area contributed by atoms with E-state index in [1.165, 1.54) is 12.1 Å². The van der Waals surface area contributed by atoms with Crippen LogP contribution >= 0.6 is 0 Å². The van der Waals surface area contributed by atoms with Crippen LogP contribution in [-0.2, 0) is 6.42 Å². The maximum absolute atomic E-state index is 12.3. The molecule has 22 heavy (non-hydrogen) atoms. The second-order valence-electron chi connectivity index (χ2n) is 4.89. The number of hydrogen-bond donors (Lipinski definition) is 3. The van der Waals surface area contributed by atoms with Gasteiger partial charge in [-0.2, -0.15) is 0 Å². The van der Waals surface area contributed by atoms with Crippen LogP contribution in [-0.4, -0.2) is 33.7 Å². The lowest BCUT2D eigenvalue weighted by Gasteiger charge is -2.09. The molecule has 0 radical (unpaired) electrons. The first-order chi connectivity index (χ1) is 10.5. The highest BCUT2D eigenvalue weighted by Crippen LogP contribution is 2.16. The summed E-state index contributed by atoms with van der Waals surface area (Å²) in [6.07, 6.45) is -0.878. The third-order valence-electron chi connectivity index (χ3n) is 3.36. The number of ketones is 1. The van der Waals surface area contributed by atoms with Gasteiger partial charge in [0.05, 0.1) is 12.2 Å². The first-order valence-electron chi connectivity index (χ1n) is 6.76. The number of Topliss-reactive ketones (excluding diaryl/α,β-unsaturated/α-hetero) is 1. The highest BCUT2D eigenvalue weighted by Gasteiger charge is 2.16. The van der Waals surface area contributed by atoms with Crippen molar-refractivity contribution < 1.29 is 24.9 Å². The Labute approximate surface area is 127 Å². The summed E-state index contributed by atoms with van der Waals surface area (Å²) in [7, 11) is 0. The van der Waals surface area contributed by atoms with Crippen LogP contribution in [0.5, 0.6) is 0 Å². The minimum absolute atomic E-state index is 0.0141. The van der Waals surface area contributed by atoms with Crippen LogP contribution in [0.1, 0.15) is 37.9 Å². The molecule has 114 valence electrons. The number of aliphatic hydroxyl groups excluding tert-OH is 2. The van der Waals surface area contributed by atoms with E-state index in [4.69, 9.17) is 10.2 Å². The van der Waals surface area contributed by atoms with Gasteiger partial charge in [0.2, 0.25) is 0 Å². The summed E-state index contributed by atoms with van der Waals surface area (Å²) in [5.41, 5.74) is 1.43. The maximum atomic E-state index is 12.3. The van der Waals surface area contributed by atoms with E-state index in [0.29, 0.717) is 11.1 Å². The van der Waals surface area contributed by atoms with Crippen molar-refractivity contribution in [3.8, 4) is 0 Å². The number of carbonyl (C=O) groups excluding carboxylic acids is 1. The van der Waals surface area contributed by atoms with Gasteiger partial charge in [0, 0.05) is 12.0 Å². The average molecular weight is 300 g/mol. The molecule has 0 saturated heterocycles. The van der Waals surface area contributed by atoms with Crippen molar-refractivity contribution in [3.05, 3.63) is 70.8 Å². The Morgan fingerprint density at radius 1 is 0.955 bits per heavy atom. The molecule has 0 heterocycles. The Bertz CT molecular complexity index is 676. The first kappa shape index (κ1) is 15.9. The smallest absolute Gasteiger partial charge is 0.336 e. The predicted octanol–water partition coefficient (Wildman–Crippen LogP) is 1.84. The highest BCUT2D eigenvalue weighted by molar-refractivity contribution is 6.06. The zero-order chi connectivity index (χ0) is 16.1. The molecule has 2 aromatic rings. The van der Waals surface area contributed by atoms with Crippen molar-refractivity contribution in [3.63, 3.8) is 0 Å². The molecule has 2 rings (SSSR count). The SMILES string of the molecule is O=C(O)c1ccccc1C(=O)Cc1ccc(C(O)CO)cc1. The Morgan fingerprint density at radius 3 is 2.09 bits per heavy atom. The molecule has 2 aromatic carbocycles. The minimum Gasteiger partial charge on any atom is -0.478 e. The lowest BCUT2D eigenvalue weighted by Crippen LogP contribution is -2.11. The van der Waals surface area contributed by atoms with E-state index in [-0.39, 0.29) is 29.9 Å². The fraction of sp³-hybridized carbons (Fsp3) is 0.176. The van der Waals surface area contributed by atoms with E-state index >= 15 is 0 Å². The zero-order valence-corrected chi connectivity index (χ0v) is 11.8. The lowest BCUT2D eigenvalue weighted by molar-refractivity contribution is 0.0692. The number of aliphatic hydroxyl groups is 2. The van der Waals surface area contributed by atoms with Crippen LogP contribution in [0.2, 0.25) is 0 Å². The summed E-state index contributed by atoms with van der Waals surface area (Å²) in [5, 5.41) is 27.5. The Balaban J connectivity index is 2.17. The lowest BCUT2D eigenvalue weighted by atomic mass is 9.97. The van der Waals surface area contributed by atoms with Gasteiger partial charge in [0.25, 0.3) is 0 Å². The van der Waals surface area contributed by atoms with E-state index in [1.54, 1.807) is 36.4 Å². The van der Waals surface area contributed by atoms with E-state index in [9.17, 15) is 14.7 Å². The second-order valence-corrected chi connectivity index (χ2v) is 4.89. The number of carboxylic acid groups (broad SMARTS) is 1. The van der Waals surface area contributed by atoms with Crippen LogP contribution in [0.15, 0.2) is 48.5 Å². The Hall–Kier alpha value is -2.50. The van der Waals surface area contributed by atoms with Gasteiger partial charge >= 0.3 is 5.97 Å². The van der Waals surface area contributed by atoms with Gasteiger partial charge in [-0.1, -0.05) is 42.5 Å². The predicted molar refractivity (Wildman–Crippen MR) is 79.9 cm³/mol. The molecule has 0 spiro atoms. The molecule has 5 heteroatoms. The molecule has 1 atom stereocenters. The van der Waals surface area contributed by atoms with Crippen LogP contribution in [0.25, 0.3) is 0 Å². The first-order valence-corrected chi connectivity index (χ1v) is 6.76. The fourth-order valence-corrected chi connectivity index (χ4v) is 2.16. The number of carbonyl (C=O) groups is 2. The van der Waals surface area contributed by atoms with Crippen molar-refractivity contribution in [2.45, 2.75) is 12.5 Å². The van der Waals surface area contributed by atoms with Crippen molar-refractivity contribution in [1.29, 1.82) is 0 Å². The standard InChI is InChI=1S/C17H16O5/c18-10-16(20)12-7-5-11(6-8-12)9-15(19)13-3-1-2-4-14(13)17(21)22/h1-8,16,18,20H,9-10H2,(H,21,22). The van der Waals surface area contributed by atoms with Gasteiger partial charge in [-0.25, -0.2) is 4.79 Å². The molecule has 0 bridgehead atoms. The molecule has 1 unspecified atom stereocenters. The van der Waals surface area contributed by atoms with Gasteiger partial charge in [-0.05, 0) is 17.2 Å². The fourth-order valence-electron chi connectivity index (χ4n) is 2.16. The van der Waals surface area contributed by atoms with E-state index in [0.717, 1.165) is 0 Å². The summed E-state index contributed by atoms with van der Waals surface area (Å²) < 4.78 is 0. The molecule has 5 nitrogen and oxygen atoms in total. The quantitative estimate of drug-likeness (QED) is 0.708. The zero-order valence-electron chi connectivity index (χ0n) is 11.8. The van der Waals surface area contributed by atoms with Gasteiger partial charge in [-0.15, -0.1) is 0 Å². The number of hydrogen-bond acceptors (Lipinski definition) is 4. The number of benzene rings is 2. The Kier molecular flexibility index (Phi) is 5.04. The highest BCUT2D eigenvalue weighted by atomic mass is 16.4. The maximum Gasteiger partial charge on any atom is 0.336 e. The molecule has 0 saturated carbocycles. The molecular weight excluding hydrogens is 284 g/mol. The van der Waals surface area contributed by atoms with Crippen molar-refractivity contribution in [2.24, 2.45) is 0 Å². The van der Waals surface area contributed by atoms with Gasteiger partial charge in [0.1, 0.15) is 6.10 Å². The van der Waals surface area contributed by atoms with Crippen molar-refractivity contribution in [2.75, 3.05) is 6.61 Å². The van der Waals surface area contributed by atoms with Gasteiger partial charge < -0.3 is 15.3 Å². The number of aromatic carboxylic acids is 1. The second kappa shape index (κ2) is 6.98. The normalized spacial score (nSPS) is 11.9. The van der Waals surface area contributed by atoms with Crippen molar-refractivity contribution >= 4 is 11.8 Å². The van der Waals surface area contributed by atoms with Crippen LogP contribution in [0, 0.1) is 0 Å². The van der Waals surface area contributed by atoms with Crippen LogP contribution in [0.3, 0.4) is 0 Å². The molecule has 0 aliphatic carbocycles. The summed E-state index contributed by atoms with van der Waals surface area (Å²) in [6, 6.07) is 12.7. The number of carboxylic acids is 1. The van der Waals surface area contributed by atoms with Crippen LogP contribution < -0.4 is 0 Å². The summed E-state index contributed by atoms with van der Waals surface area (Å²) in [6.45, 7) is -0.371. The number of rotatable bonds is 6. The average Bonchev–Trinajstić information content (AvgIpc) is 2.54. The summed E-state index contributed by atoms with van der Waals surface area (Å²) in [4.78, 5) is 23.4. The molecular formula is C17H16O5. The van der Waals surface area contributed by atoms with E-state index in [1.807, 2.05) is 0 Å². The molecule has 0 fully saturated rings. The van der Waals surface area contributed by atoms with Gasteiger partial charge in [-0.3, -0.25) is 4.79 Å². The third-order valence-corrected chi connectivity index (χ3v) is 3.36. The molecule has 3 N–H and O–H groups in total. The van der Waals surface area contributed by atoms with E-state index in [2.05, 4.69) is 0 Å². The monoisotopic (exact) mass is 300 g/mol. The largest absolute Gasteiger partial charge is 0.478 e. The van der Waals surface area contributed by atoms with E-state index < -0.39 is 12.1 Å².